The molecule has 3 rings (SSSR count). The molecule has 0 unspecified atom stereocenters. The van der Waals surface area contributed by atoms with Crippen LogP contribution >= 0.6 is 0 Å². The second-order valence-electron chi connectivity index (χ2n) is 6.06. The molecule has 0 aliphatic heterocycles. The van der Waals surface area contributed by atoms with E-state index in [4.69, 9.17) is 9.72 Å². The summed E-state index contributed by atoms with van der Waals surface area (Å²) in [6.45, 7) is 0. The molecule has 0 spiro atoms. The first-order valence-corrected chi connectivity index (χ1v) is 7.90. The predicted molar refractivity (Wildman–Crippen MR) is 78.0 cm³/mol. The Morgan fingerprint density at radius 3 is 2.60 bits per heavy atom. The quantitative estimate of drug-likeness (QED) is 0.608. The van der Waals surface area contributed by atoms with E-state index in [1.54, 1.807) is 0 Å². The molecule has 2 aliphatic carbocycles. The van der Waals surface area contributed by atoms with E-state index < -0.39 is 0 Å². The minimum absolute atomic E-state index is 0.216. The van der Waals surface area contributed by atoms with Crippen LogP contribution < -0.4 is 0 Å². The first-order valence-electron chi connectivity index (χ1n) is 7.90. The molecule has 0 amide bonds. The Morgan fingerprint density at radius 1 is 1.15 bits per heavy atom. The monoisotopic (exact) mass is 273 g/mol. The lowest BCUT2D eigenvalue weighted by Crippen LogP contribution is -2.13. The maximum atomic E-state index is 12.1. The van der Waals surface area contributed by atoms with Crippen LogP contribution in [-0.2, 0) is 17.6 Å². The molecule has 1 heterocycles. The SMILES string of the molecule is COC(=O)c1cc2c(nc1C1CCCCCC1)CCC2. The van der Waals surface area contributed by atoms with E-state index in [1.807, 2.05) is 0 Å². The maximum absolute atomic E-state index is 12.1. The van der Waals surface area contributed by atoms with E-state index in [0.717, 1.165) is 43.4 Å². The molecule has 0 saturated heterocycles. The third-order valence-corrected chi connectivity index (χ3v) is 4.73. The van der Waals surface area contributed by atoms with Crippen LogP contribution in [0.5, 0.6) is 0 Å². The number of hydrogen-bond donors (Lipinski definition) is 0. The van der Waals surface area contributed by atoms with E-state index in [1.165, 1.54) is 44.1 Å². The molecule has 108 valence electrons. The number of fused-ring (bicyclic) bond motifs is 1. The Morgan fingerprint density at radius 2 is 1.90 bits per heavy atom. The molecule has 0 N–H and O–H groups in total. The molecule has 3 heteroatoms. The molecule has 20 heavy (non-hydrogen) atoms. The lowest BCUT2D eigenvalue weighted by molar-refractivity contribution is 0.0598. The highest BCUT2D eigenvalue weighted by Crippen LogP contribution is 2.34. The van der Waals surface area contributed by atoms with Gasteiger partial charge in [-0.25, -0.2) is 4.79 Å². The summed E-state index contributed by atoms with van der Waals surface area (Å²) in [7, 11) is 1.46. The van der Waals surface area contributed by atoms with Gasteiger partial charge in [-0.05, 0) is 43.7 Å². The van der Waals surface area contributed by atoms with Gasteiger partial charge in [0.2, 0.25) is 0 Å². The normalized spacial score (nSPS) is 19.4. The van der Waals surface area contributed by atoms with Crippen LogP contribution in [-0.4, -0.2) is 18.1 Å². The van der Waals surface area contributed by atoms with E-state index >= 15 is 0 Å². The summed E-state index contributed by atoms with van der Waals surface area (Å²) in [5.41, 5.74) is 4.21. The van der Waals surface area contributed by atoms with Gasteiger partial charge in [0.25, 0.3) is 0 Å². The predicted octanol–water partition coefficient (Wildman–Crippen LogP) is 3.79. The van der Waals surface area contributed by atoms with Gasteiger partial charge in [0.15, 0.2) is 0 Å². The van der Waals surface area contributed by atoms with Crippen LogP contribution in [0.25, 0.3) is 0 Å². The Kier molecular flexibility index (Phi) is 4.04. The number of methoxy groups -OCH3 is 1. The molecule has 1 aromatic heterocycles. The fraction of sp³-hybridized carbons (Fsp3) is 0.647. The number of pyridine rings is 1. The average Bonchev–Trinajstić information content (AvgIpc) is 2.76. The number of hydrogen-bond acceptors (Lipinski definition) is 3. The van der Waals surface area contributed by atoms with Gasteiger partial charge < -0.3 is 4.74 Å². The van der Waals surface area contributed by atoms with Crippen LogP contribution in [0.4, 0.5) is 0 Å². The fourth-order valence-electron chi connectivity index (χ4n) is 3.63. The van der Waals surface area contributed by atoms with Gasteiger partial charge in [-0.15, -0.1) is 0 Å². The van der Waals surface area contributed by atoms with Crippen LogP contribution in [0.1, 0.15) is 78.2 Å². The maximum Gasteiger partial charge on any atom is 0.339 e. The highest BCUT2D eigenvalue weighted by Gasteiger charge is 2.26. The van der Waals surface area contributed by atoms with Crippen molar-refractivity contribution in [3.05, 3.63) is 28.6 Å². The van der Waals surface area contributed by atoms with E-state index in [0.29, 0.717) is 5.92 Å². The topological polar surface area (TPSA) is 39.2 Å². The lowest BCUT2D eigenvalue weighted by Gasteiger charge is -2.18. The Bertz CT molecular complexity index is 502. The molecule has 0 radical (unpaired) electrons. The van der Waals surface area contributed by atoms with E-state index in [-0.39, 0.29) is 5.97 Å². The number of rotatable bonds is 2. The van der Waals surface area contributed by atoms with Crippen molar-refractivity contribution in [2.24, 2.45) is 0 Å². The number of aryl methyl sites for hydroxylation is 2. The third kappa shape index (κ3) is 2.58. The van der Waals surface area contributed by atoms with Crippen LogP contribution in [0.2, 0.25) is 0 Å². The summed E-state index contributed by atoms with van der Waals surface area (Å²) < 4.78 is 4.98. The van der Waals surface area contributed by atoms with E-state index in [2.05, 4.69) is 6.07 Å². The van der Waals surface area contributed by atoms with Gasteiger partial charge in [-0.2, -0.15) is 0 Å². The summed E-state index contributed by atoms with van der Waals surface area (Å²) in [5, 5.41) is 0. The van der Waals surface area contributed by atoms with Gasteiger partial charge in [-0.3, -0.25) is 4.98 Å². The number of ether oxygens (including phenoxy) is 1. The molecule has 1 aromatic rings. The molecular formula is C17H23NO2. The molecule has 0 aromatic carbocycles. The highest BCUT2D eigenvalue weighted by atomic mass is 16.5. The molecule has 1 saturated carbocycles. The number of carbonyl (C=O) groups excluding carboxylic acids is 1. The summed E-state index contributed by atoms with van der Waals surface area (Å²) in [6, 6.07) is 2.06. The smallest absolute Gasteiger partial charge is 0.339 e. The van der Waals surface area contributed by atoms with Crippen LogP contribution in [0.3, 0.4) is 0 Å². The molecule has 0 atom stereocenters. The van der Waals surface area contributed by atoms with Crippen molar-refractivity contribution in [1.82, 2.24) is 4.98 Å². The van der Waals surface area contributed by atoms with Gasteiger partial charge in [0, 0.05) is 11.6 Å². The highest BCUT2D eigenvalue weighted by molar-refractivity contribution is 5.91. The van der Waals surface area contributed by atoms with Crippen molar-refractivity contribution in [3.8, 4) is 0 Å². The Balaban J connectivity index is 2.00. The zero-order chi connectivity index (χ0) is 13.9. The van der Waals surface area contributed by atoms with Crippen LogP contribution in [0, 0.1) is 0 Å². The Hall–Kier alpha value is -1.38. The molecular weight excluding hydrogens is 250 g/mol. The zero-order valence-corrected chi connectivity index (χ0v) is 12.3. The Labute approximate surface area is 120 Å². The molecule has 3 nitrogen and oxygen atoms in total. The van der Waals surface area contributed by atoms with Crippen molar-refractivity contribution in [1.29, 1.82) is 0 Å². The van der Waals surface area contributed by atoms with Gasteiger partial charge in [0.05, 0.1) is 18.4 Å². The number of carbonyl (C=O) groups is 1. The number of nitrogens with zero attached hydrogens (tertiary/aromatic N) is 1. The zero-order valence-electron chi connectivity index (χ0n) is 12.3. The summed E-state index contributed by atoms with van der Waals surface area (Å²) in [4.78, 5) is 17.0. The fourth-order valence-corrected chi connectivity index (χ4v) is 3.63. The lowest BCUT2D eigenvalue weighted by atomic mass is 9.91. The van der Waals surface area contributed by atoms with Gasteiger partial charge in [-0.1, -0.05) is 25.7 Å². The minimum Gasteiger partial charge on any atom is -0.465 e. The number of aromatic nitrogens is 1. The summed E-state index contributed by atoms with van der Waals surface area (Å²) >= 11 is 0. The van der Waals surface area contributed by atoms with Crippen molar-refractivity contribution in [2.75, 3.05) is 7.11 Å². The van der Waals surface area contributed by atoms with Gasteiger partial charge >= 0.3 is 5.97 Å². The summed E-state index contributed by atoms with van der Waals surface area (Å²) in [6.07, 6.45) is 10.7. The van der Waals surface area contributed by atoms with Crippen LogP contribution in [0.15, 0.2) is 6.07 Å². The third-order valence-electron chi connectivity index (χ3n) is 4.73. The van der Waals surface area contributed by atoms with Crippen molar-refractivity contribution in [2.45, 2.75) is 63.7 Å². The molecule has 1 fully saturated rings. The van der Waals surface area contributed by atoms with Crippen molar-refractivity contribution in [3.63, 3.8) is 0 Å². The van der Waals surface area contributed by atoms with Crippen molar-refractivity contribution >= 4 is 5.97 Å². The minimum atomic E-state index is -0.216. The van der Waals surface area contributed by atoms with E-state index in [9.17, 15) is 4.79 Å². The summed E-state index contributed by atoms with van der Waals surface area (Å²) in [5.74, 6) is 0.226. The standard InChI is InChI=1S/C17H23NO2/c1-20-17(19)14-11-13-9-6-10-15(13)18-16(14)12-7-4-2-3-5-8-12/h11-12H,2-10H2,1H3. The first kappa shape index (κ1) is 13.6. The van der Waals surface area contributed by atoms with Crippen molar-refractivity contribution < 1.29 is 9.53 Å². The molecule has 0 bridgehead atoms. The molecule has 2 aliphatic rings. The first-order chi connectivity index (χ1) is 9.79. The number of esters is 1. The van der Waals surface area contributed by atoms with Gasteiger partial charge in [0.1, 0.15) is 0 Å². The average molecular weight is 273 g/mol. The second kappa shape index (κ2) is 5.94. The largest absolute Gasteiger partial charge is 0.465 e. The second-order valence-corrected chi connectivity index (χ2v) is 6.06.